The summed E-state index contributed by atoms with van der Waals surface area (Å²) in [5.74, 6) is -1.96. The van der Waals surface area contributed by atoms with Crippen molar-refractivity contribution in [1.82, 2.24) is 0 Å². The Morgan fingerprint density at radius 1 is 0.509 bits per heavy atom. The number of anilines is 3. The molecule has 0 unspecified atom stereocenters. The van der Waals surface area contributed by atoms with Crippen molar-refractivity contribution in [3.63, 3.8) is 0 Å². The van der Waals surface area contributed by atoms with E-state index in [1.165, 1.54) is 18.2 Å². The molecule has 3 aromatic rings. The standard InChI is InChI=1S/C45H48N6O6/c1-7-55-43(52)34(28-46)22-31-10-16-37(17-11-31)49(4)40-25-41(50(5)38-18-12-32(13-19-38)23-35(29-47)44(53)56-8-2)27-42(26-40)51(6)39-20-14-33(15-21-39)24-36(30-48)45(54)57-9-3/h10-24,40-42H,7-9,25-27H2,1-6H3/b34-22+,35-23+,36-24+. The zero-order valence-corrected chi connectivity index (χ0v) is 33.3. The molecule has 0 bridgehead atoms. The summed E-state index contributed by atoms with van der Waals surface area (Å²) in [4.78, 5) is 43.3. The molecule has 0 amide bonds. The number of rotatable bonds is 15. The molecule has 294 valence electrons. The predicted molar refractivity (Wildman–Crippen MR) is 220 cm³/mol. The summed E-state index contributed by atoms with van der Waals surface area (Å²) in [6, 6.07) is 29.3. The maximum Gasteiger partial charge on any atom is 0.348 e. The molecule has 0 radical (unpaired) electrons. The second kappa shape index (κ2) is 20.7. The minimum atomic E-state index is -0.655. The summed E-state index contributed by atoms with van der Waals surface area (Å²) >= 11 is 0. The Kier molecular flexibility index (Phi) is 15.6. The van der Waals surface area contributed by atoms with Crippen LogP contribution in [0.4, 0.5) is 17.1 Å². The average Bonchev–Trinajstić information content (AvgIpc) is 3.23. The number of carbonyl (C=O) groups excluding carboxylic acids is 3. The summed E-state index contributed by atoms with van der Waals surface area (Å²) < 4.78 is 15.0. The summed E-state index contributed by atoms with van der Waals surface area (Å²) in [5, 5.41) is 28.5. The van der Waals surface area contributed by atoms with E-state index in [-0.39, 0.29) is 54.7 Å². The van der Waals surface area contributed by atoms with Crippen LogP contribution in [0.2, 0.25) is 0 Å². The van der Waals surface area contributed by atoms with Gasteiger partial charge in [0.1, 0.15) is 34.9 Å². The third kappa shape index (κ3) is 11.3. The highest BCUT2D eigenvalue weighted by Crippen LogP contribution is 2.35. The molecule has 4 rings (SSSR count). The van der Waals surface area contributed by atoms with Crippen LogP contribution < -0.4 is 14.7 Å². The molecule has 0 heterocycles. The molecule has 1 aliphatic carbocycles. The SMILES string of the molecule is CCOC(=O)/C(C#N)=C/c1ccc(N(C)C2CC(N(C)c3ccc(/C=C(\C#N)C(=O)OCC)cc3)CC(N(C)c3ccc(/C=C(\C#N)C(=O)OCC)cc3)C2)cc1. The molecular weight excluding hydrogens is 721 g/mol. The van der Waals surface area contributed by atoms with Crippen LogP contribution in [-0.4, -0.2) is 77.0 Å². The fourth-order valence-corrected chi connectivity index (χ4v) is 6.77. The Morgan fingerprint density at radius 2 is 0.737 bits per heavy atom. The van der Waals surface area contributed by atoms with E-state index in [2.05, 4.69) is 35.8 Å². The van der Waals surface area contributed by atoms with Crippen molar-refractivity contribution in [3.8, 4) is 18.2 Å². The van der Waals surface area contributed by atoms with Gasteiger partial charge >= 0.3 is 17.9 Å². The fourth-order valence-electron chi connectivity index (χ4n) is 6.77. The molecule has 57 heavy (non-hydrogen) atoms. The number of esters is 3. The van der Waals surface area contributed by atoms with Gasteiger partial charge in [0.25, 0.3) is 0 Å². The molecule has 12 nitrogen and oxygen atoms in total. The first-order valence-corrected chi connectivity index (χ1v) is 18.8. The van der Waals surface area contributed by atoms with E-state index in [0.29, 0.717) is 16.7 Å². The monoisotopic (exact) mass is 768 g/mol. The van der Waals surface area contributed by atoms with Gasteiger partial charge < -0.3 is 28.9 Å². The van der Waals surface area contributed by atoms with Gasteiger partial charge in [0.15, 0.2) is 0 Å². The topological polar surface area (TPSA) is 160 Å². The Balaban J connectivity index is 1.63. The lowest BCUT2D eigenvalue weighted by Gasteiger charge is -2.47. The number of ether oxygens (including phenoxy) is 3. The van der Waals surface area contributed by atoms with Crippen molar-refractivity contribution in [2.75, 3.05) is 55.7 Å². The van der Waals surface area contributed by atoms with Crippen LogP contribution in [0.5, 0.6) is 0 Å². The van der Waals surface area contributed by atoms with E-state index in [4.69, 9.17) is 14.2 Å². The smallest absolute Gasteiger partial charge is 0.348 e. The average molecular weight is 769 g/mol. The Bertz CT molecular complexity index is 1860. The van der Waals surface area contributed by atoms with Gasteiger partial charge in [0, 0.05) is 56.3 Å². The summed E-state index contributed by atoms with van der Waals surface area (Å²) in [6.07, 6.45) is 7.11. The summed E-state index contributed by atoms with van der Waals surface area (Å²) in [5.41, 5.74) is 4.87. The third-order valence-corrected chi connectivity index (χ3v) is 9.96. The Labute approximate surface area is 335 Å². The van der Waals surface area contributed by atoms with Gasteiger partial charge in [0.05, 0.1) is 19.8 Å². The highest BCUT2D eigenvalue weighted by Gasteiger charge is 2.35. The van der Waals surface area contributed by atoms with Gasteiger partial charge in [-0.05, 0) is 111 Å². The van der Waals surface area contributed by atoms with Crippen molar-refractivity contribution in [1.29, 1.82) is 15.8 Å². The predicted octanol–water partition coefficient (Wildman–Crippen LogP) is 7.10. The highest BCUT2D eigenvalue weighted by atomic mass is 16.5. The van der Waals surface area contributed by atoms with E-state index in [1.807, 2.05) is 91.0 Å². The Hall–Kier alpha value is -6.84. The largest absolute Gasteiger partial charge is 0.462 e. The van der Waals surface area contributed by atoms with Gasteiger partial charge in [-0.2, -0.15) is 15.8 Å². The van der Waals surface area contributed by atoms with Crippen LogP contribution in [0.25, 0.3) is 18.2 Å². The lowest BCUT2D eigenvalue weighted by atomic mass is 9.84. The number of carbonyl (C=O) groups is 3. The van der Waals surface area contributed by atoms with Crippen molar-refractivity contribution in [2.24, 2.45) is 0 Å². The minimum Gasteiger partial charge on any atom is -0.462 e. The first kappa shape index (κ1) is 42.9. The lowest BCUT2D eigenvalue weighted by Crippen LogP contribution is -2.52. The third-order valence-electron chi connectivity index (χ3n) is 9.96. The molecule has 0 atom stereocenters. The van der Waals surface area contributed by atoms with E-state index < -0.39 is 17.9 Å². The molecule has 0 saturated heterocycles. The van der Waals surface area contributed by atoms with Crippen molar-refractivity contribution < 1.29 is 28.6 Å². The number of hydrogen-bond donors (Lipinski definition) is 0. The van der Waals surface area contributed by atoms with Gasteiger partial charge in [0.2, 0.25) is 0 Å². The minimum absolute atomic E-state index is 0.0656. The molecular formula is C45H48N6O6. The molecule has 12 heteroatoms. The number of hydrogen-bond acceptors (Lipinski definition) is 12. The van der Waals surface area contributed by atoms with Crippen molar-refractivity contribution >= 4 is 53.2 Å². The quantitative estimate of drug-likeness (QED) is 0.0669. The molecule has 1 fully saturated rings. The molecule has 0 aliphatic heterocycles. The number of benzene rings is 3. The molecule has 3 aromatic carbocycles. The molecule has 1 aliphatic rings. The second-order valence-electron chi connectivity index (χ2n) is 13.4. The van der Waals surface area contributed by atoms with Gasteiger partial charge in [-0.1, -0.05) is 36.4 Å². The highest BCUT2D eigenvalue weighted by molar-refractivity contribution is 5.99. The van der Waals surface area contributed by atoms with Crippen LogP contribution in [0.3, 0.4) is 0 Å². The van der Waals surface area contributed by atoms with Gasteiger partial charge in [-0.15, -0.1) is 0 Å². The van der Waals surface area contributed by atoms with Crippen molar-refractivity contribution in [2.45, 2.75) is 58.2 Å². The van der Waals surface area contributed by atoms with Crippen LogP contribution in [-0.2, 0) is 28.6 Å². The van der Waals surface area contributed by atoms with Crippen LogP contribution in [0.1, 0.15) is 56.7 Å². The fraction of sp³-hybridized carbons (Fsp3) is 0.333. The molecule has 0 spiro atoms. The van der Waals surface area contributed by atoms with Gasteiger partial charge in [-0.25, -0.2) is 14.4 Å². The van der Waals surface area contributed by atoms with E-state index in [0.717, 1.165) is 36.3 Å². The molecule has 1 saturated carbocycles. The summed E-state index contributed by atoms with van der Waals surface area (Å²) in [7, 11) is 6.22. The van der Waals surface area contributed by atoms with Crippen LogP contribution in [0.15, 0.2) is 89.5 Å². The lowest BCUT2D eigenvalue weighted by molar-refractivity contribution is -0.138. The molecule has 0 aromatic heterocycles. The zero-order chi connectivity index (χ0) is 41.5. The maximum atomic E-state index is 12.2. The normalized spacial score (nSPS) is 16.9. The van der Waals surface area contributed by atoms with E-state index in [9.17, 15) is 30.2 Å². The first-order valence-electron chi connectivity index (χ1n) is 18.8. The Morgan fingerprint density at radius 3 is 0.930 bits per heavy atom. The van der Waals surface area contributed by atoms with Crippen molar-refractivity contribution in [3.05, 3.63) is 106 Å². The van der Waals surface area contributed by atoms with Crippen LogP contribution in [0, 0.1) is 34.0 Å². The van der Waals surface area contributed by atoms with E-state index in [1.54, 1.807) is 20.8 Å². The number of nitriles is 3. The second-order valence-corrected chi connectivity index (χ2v) is 13.4. The van der Waals surface area contributed by atoms with E-state index >= 15 is 0 Å². The van der Waals surface area contributed by atoms with Crippen LogP contribution >= 0.6 is 0 Å². The maximum absolute atomic E-state index is 12.2. The molecule has 0 N–H and O–H groups in total. The number of nitrogens with zero attached hydrogens (tertiary/aromatic N) is 6. The zero-order valence-electron chi connectivity index (χ0n) is 33.3. The van der Waals surface area contributed by atoms with Gasteiger partial charge in [-0.3, -0.25) is 0 Å². The first-order chi connectivity index (χ1) is 27.5. The summed E-state index contributed by atoms with van der Waals surface area (Å²) in [6.45, 7) is 5.63.